The van der Waals surface area contributed by atoms with Crippen molar-refractivity contribution in [3.8, 4) is 0 Å². The summed E-state index contributed by atoms with van der Waals surface area (Å²) >= 11 is 0. The van der Waals surface area contributed by atoms with Gasteiger partial charge in [-0.25, -0.2) is 4.98 Å². The van der Waals surface area contributed by atoms with Gasteiger partial charge in [0.2, 0.25) is 0 Å². The number of aliphatic imine (C=N–C) groups is 1. The Balaban J connectivity index is 0.00000176. The molecule has 0 bridgehead atoms. The van der Waals surface area contributed by atoms with Crippen LogP contribution in [0.5, 0.6) is 0 Å². The molecule has 1 aliphatic carbocycles. The van der Waals surface area contributed by atoms with Crippen LogP contribution in [0.3, 0.4) is 0 Å². The number of benzene rings is 1. The van der Waals surface area contributed by atoms with Gasteiger partial charge in [-0.3, -0.25) is 9.79 Å². The number of anilines is 3. The number of morpholine rings is 1. The summed E-state index contributed by atoms with van der Waals surface area (Å²) in [5.74, 6) is -0.736. The van der Waals surface area contributed by atoms with Crippen molar-refractivity contribution in [3.63, 3.8) is 0 Å². The molecule has 36 heavy (non-hydrogen) atoms. The van der Waals surface area contributed by atoms with Gasteiger partial charge in [0.25, 0.3) is 5.91 Å². The molecule has 4 N–H and O–H groups in total. The van der Waals surface area contributed by atoms with E-state index < -0.39 is 17.8 Å². The molecule has 1 aliphatic heterocycles. The van der Waals surface area contributed by atoms with Gasteiger partial charge in [0.1, 0.15) is 11.4 Å². The normalized spacial score (nSPS) is 17.0. The molecule has 0 atom stereocenters. The predicted octanol–water partition coefficient (Wildman–Crippen LogP) is 4.13. The fourth-order valence-electron chi connectivity index (χ4n) is 4.22. The number of amides is 1. The first-order chi connectivity index (χ1) is 17.3. The second-order valence-corrected chi connectivity index (χ2v) is 8.53. The lowest BCUT2D eigenvalue weighted by atomic mass is 9.96. The van der Waals surface area contributed by atoms with Crippen molar-refractivity contribution in [3.05, 3.63) is 47.3 Å². The second-order valence-electron chi connectivity index (χ2n) is 8.53. The van der Waals surface area contributed by atoms with Crippen molar-refractivity contribution in [2.24, 2.45) is 4.99 Å². The van der Waals surface area contributed by atoms with E-state index in [4.69, 9.17) is 15.6 Å². The van der Waals surface area contributed by atoms with Crippen LogP contribution in [0, 0.1) is 0 Å². The third kappa shape index (κ3) is 7.17. The largest absolute Gasteiger partial charge is 0.433 e. The minimum absolute atomic E-state index is 0.249. The highest BCUT2D eigenvalue weighted by atomic mass is 19.4. The summed E-state index contributed by atoms with van der Waals surface area (Å²) in [6, 6.07) is 6.99. The lowest BCUT2D eigenvalue weighted by molar-refractivity contribution is -0.141. The lowest BCUT2D eigenvalue weighted by Crippen LogP contribution is -2.37. The summed E-state index contributed by atoms with van der Waals surface area (Å²) in [5.41, 5.74) is 7.15. The zero-order valence-corrected chi connectivity index (χ0v) is 20.2. The molecule has 0 radical (unpaired) electrons. The number of nitrogens with two attached hydrogens (primary N) is 1. The molecule has 8 nitrogen and oxygen atoms in total. The molecule has 2 aliphatic rings. The van der Waals surface area contributed by atoms with Gasteiger partial charge < -0.3 is 25.8 Å². The monoisotopic (exact) mass is 507 g/mol. The third-order valence-corrected chi connectivity index (χ3v) is 6.07. The van der Waals surface area contributed by atoms with Crippen molar-refractivity contribution in [1.29, 1.82) is 0 Å². The number of alkyl halides is 3. The van der Waals surface area contributed by atoms with Gasteiger partial charge in [-0.15, -0.1) is 0 Å². The minimum Gasteiger partial charge on any atom is -0.400 e. The van der Waals surface area contributed by atoms with Gasteiger partial charge in [-0.2, -0.15) is 13.2 Å². The van der Waals surface area contributed by atoms with Crippen molar-refractivity contribution >= 4 is 29.2 Å². The Morgan fingerprint density at radius 1 is 1.19 bits per heavy atom. The average Bonchev–Trinajstić information content (AvgIpc) is 2.90. The van der Waals surface area contributed by atoms with Crippen LogP contribution in [0.15, 0.2) is 35.3 Å². The van der Waals surface area contributed by atoms with Crippen LogP contribution in [0.1, 0.15) is 53.8 Å². The van der Waals surface area contributed by atoms with Crippen molar-refractivity contribution in [1.82, 2.24) is 4.98 Å². The first kappa shape index (κ1) is 27.4. The summed E-state index contributed by atoms with van der Waals surface area (Å²) in [5, 5.41) is 9.74. The van der Waals surface area contributed by atoms with Crippen LogP contribution >= 0.6 is 0 Å². The molecule has 196 valence electrons. The fraction of sp³-hybridized carbons (Fsp3) is 0.480. The van der Waals surface area contributed by atoms with E-state index in [9.17, 15) is 18.0 Å². The van der Waals surface area contributed by atoms with Gasteiger partial charge in [0, 0.05) is 43.7 Å². The average molecular weight is 508 g/mol. The van der Waals surface area contributed by atoms with Crippen molar-refractivity contribution < 1.29 is 27.8 Å². The van der Waals surface area contributed by atoms with Gasteiger partial charge in [0.05, 0.1) is 24.6 Å². The number of aromatic nitrogens is 1. The van der Waals surface area contributed by atoms with E-state index in [1.807, 2.05) is 4.90 Å². The number of aliphatic hydroxyl groups excluding tert-OH is 1. The maximum Gasteiger partial charge on any atom is 0.433 e. The molecule has 1 amide bonds. The number of halogens is 3. The molecule has 1 saturated heterocycles. The minimum atomic E-state index is -4.64. The SMILES string of the molecule is CO.Nc1cc(N2CCOCC2)c(NC(=O)c2cccc(C(F)(F)F)n2)cc1C=NC1CCCCC1. The van der Waals surface area contributed by atoms with Crippen LogP contribution in [-0.4, -0.2) is 61.7 Å². The second kappa shape index (κ2) is 12.7. The van der Waals surface area contributed by atoms with Crippen LogP contribution in [0.4, 0.5) is 30.2 Å². The standard InChI is InChI=1S/C24H28F3N5O2.CH4O/c25-24(26,27)22-8-4-7-19(30-22)23(33)31-20-13-16(15-29-17-5-2-1-3-6-17)18(28)14-21(20)32-9-11-34-12-10-32;1-2/h4,7-8,13-15,17H,1-3,5-6,9-12,28H2,(H,31,33);2H,1H3. The summed E-state index contributed by atoms with van der Waals surface area (Å²) < 4.78 is 44.6. The first-order valence-corrected chi connectivity index (χ1v) is 11.9. The summed E-state index contributed by atoms with van der Waals surface area (Å²) in [6.07, 6.45) is 2.69. The van der Waals surface area contributed by atoms with E-state index in [1.54, 1.807) is 18.3 Å². The van der Waals surface area contributed by atoms with Crippen LogP contribution in [0.2, 0.25) is 0 Å². The Bertz CT molecular complexity index is 1050. The fourth-order valence-corrected chi connectivity index (χ4v) is 4.22. The lowest BCUT2D eigenvalue weighted by Gasteiger charge is -2.31. The molecular weight excluding hydrogens is 475 g/mol. The third-order valence-electron chi connectivity index (χ3n) is 6.07. The number of carbonyl (C=O) groups excluding carboxylic acids is 1. The van der Waals surface area contributed by atoms with Crippen LogP contribution in [-0.2, 0) is 10.9 Å². The maximum absolute atomic E-state index is 13.1. The number of hydrogen-bond acceptors (Lipinski definition) is 7. The Hall–Kier alpha value is -3.18. The molecule has 1 aromatic carbocycles. The highest BCUT2D eigenvalue weighted by molar-refractivity contribution is 6.06. The smallest absolute Gasteiger partial charge is 0.400 e. The maximum atomic E-state index is 13.1. The first-order valence-electron chi connectivity index (χ1n) is 11.9. The number of nitrogens with one attached hydrogen (secondary N) is 1. The molecule has 2 aromatic rings. The molecular formula is C25H32F3N5O3. The highest BCUT2D eigenvalue weighted by Gasteiger charge is 2.33. The van der Waals surface area contributed by atoms with E-state index in [-0.39, 0.29) is 11.7 Å². The van der Waals surface area contributed by atoms with Crippen molar-refractivity contribution in [2.45, 2.75) is 44.3 Å². The number of hydrogen-bond donors (Lipinski definition) is 3. The molecule has 2 heterocycles. The predicted molar refractivity (Wildman–Crippen MR) is 134 cm³/mol. The Kier molecular flexibility index (Phi) is 9.65. The van der Waals surface area contributed by atoms with Crippen LogP contribution in [0.25, 0.3) is 0 Å². The van der Waals surface area contributed by atoms with Gasteiger partial charge >= 0.3 is 6.18 Å². The number of aliphatic hydroxyl groups is 1. The number of ether oxygens (including phenoxy) is 1. The number of nitrogens with zero attached hydrogens (tertiary/aromatic N) is 3. The van der Waals surface area contributed by atoms with Gasteiger partial charge in [-0.05, 0) is 37.1 Å². The van der Waals surface area contributed by atoms with E-state index in [0.29, 0.717) is 48.9 Å². The number of carbonyl (C=O) groups is 1. The highest BCUT2D eigenvalue weighted by Crippen LogP contribution is 2.33. The number of rotatable bonds is 5. The van der Waals surface area contributed by atoms with Gasteiger partial charge in [0.15, 0.2) is 0 Å². The zero-order valence-electron chi connectivity index (χ0n) is 20.2. The molecule has 1 saturated carbocycles. The quantitative estimate of drug-likeness (QED) is 0.414. The molecule has 0 unspecified atom stereocenters. The van der Waals surface area contributed by atoms with Crippen LogP contribution < -0.4 is 16.0 Å². The summed E-state index contributed by atoms with van der Waals surface area (Å²) in [7, 11) is 1.00. The number of nitrogen functional groups attached to an aromatic ring is 1. The van der Waals surface area contributed by atoms with E-state index >= 15 is 0 Å². The molecule has 2 fully saturated rings. The number of pyridine rings is 1. The molecule has 0 spiro atoms. The topological polar surface area (TPSA) is 113 Å². The Morgan fingerprint density at radius 2 is 1.89 bits per heavy atom. The Morgan fingerprint density at radius 3 is 2.56 bits per heavy atom. The summed E-state index contributed by atoms with van der Waals surface area (Å²) in [4.78, 5) is 23.1. The molecule has 11 heteroatoms. The van der Waals surface area contributed by atoms with Crippen molar-refractivity contribution in [2.75, 3.05) is 49.4 Å². The van der Waals surface area contributed by atoms with E-state index in [0.717, 1.165) is 38.9 Å². The summed E-state index contributed by atoms with van der Waals surface area (Å²) in [6.45, 7) is 2.24. The zero-order chi connectivity index (χ0) is 26.1. The van der Waals surface area contributed by atoms with Gasteiger partial charge in [-0.1, -0.05) is 25.3 Å². The van der Waals surface area contributed by atoms with E-state index in [2.05, 4.69) is 15.3 Å². The molecule has 4 rings (SSSR count). The Labute approximate surface area is 208 Å². The molecule has 1 aromatic heterocycles. The van der Waals surface area contributed by atoms with E-state index in [1.165, 1.54) is 18.6 Å².